The number of carbonyl (C=O) groups excluding carboxylic acids is 1. The summed E-state index contributed by atoms with van der Waals surface area (Å²) in [5, 5.41) is 1.87. The summed E-state index contributed by atoms with van der Waals surface area (Å²) in [5.74, 6) is 0. The standard InChI is InChI=1S/C23H26ClN3OS/c1-2-26(16-18-5-3-4-17(14-18)10-13-28)20-8-11-27(12-9-20)23-25-21-7-6-19(24)15-22(21)29-23/h3-7,13-15,20H,2,8-12,16H2,1H3. The molecule has 0 atom stereocenters. The molecule has 0 bridgehead atoms. The maximum absolute atomic E-state index is 10.8. The zero-order valence-corrected chi connectivity index (χ0v) is 18.3. The van der Waals surface area contributed by atoms with Gasteiger partial charge in [-0.05, 0) is 48.7 Å². The minimum Gasteiger partial charge on any atom is -0.348 e. The van der Waals surface area contributed by atoms with Crippen molar-refractivity contribution >= 4 is 44.6 Å². The van der Waals surface area contributed by atoms with Gasteiger partial charge in [-0.2, -0.15) is 0 Å². The average molecular weight is 428 g/mol. The van der Waals surface area contributed by atoms with Gasteiger partial charge < -0.3 is 9.69 Å². The van der Waals surface area contributed by atoms with Crippen molar-refractivity contribution < 1.29 is 4.79 Å². The Hall–Kier alpha value is -1.95. The molecule has 2 heterocycles. The van der Waals surface area contributed by atoms with E-state index in [4.69, 9.17) is 16.6 Å². The minimum atomic E-state index is 0.492. The van der Waals surface area contributed by atoms with Crippen molar-refractivity contribution in [2.45, 2.75) is 38.8 Å². The van der Waals surface area contributed by atoms with Crippen LogP contribution in [0.2, 0.25) is 5.02 Å². The largest absolute Gasteiger partial charge is 0.348 e. The van der Waals surface area contributed by atoms with Gasteiger partial charge in [0.05, 0.1) is 10.2 Å². The summed E-state index contributed by atoms with van der Waals surface area (Å²) in [4.78, 5) is 20.6. The Labute approximate surface area is 181 Å². The lowest BCUT2D eigenvalue weighted by atomic mass is 10.0. The zero-order chi connectivity index (χ0) is 20.2. The van der Waals surface area contributed by atoms with Crippen LogP contribution in [0.1, 0.15) is 30.9 Å². The van der Waals surface area contributed by atoms with E-state index < -0.39 is 0 Å². The highest BCUT2D eigenvalue weighted by molar-refractivity contribution is 7.22. The number of aromatic nitrogens is 1. The number of hydrogen-bond donors (Lipinski definition) is 0. The second-order valence-electron chi connectivity index (χ2n) is 7.58. The van der Waals surface area contributed by atoms with E-state index in [9.17, 15) is 4.79 Å². The van der Waals surface area contributed by atoms with Crippen molar-refractivity contribution in [3.8, 4) is 0 Å². The number of aldehydes is 1. The Morgan fingerprint density at radius 3 is 2.76 bits per heavy atom. The topological polar surface area (TPSA) is 36.4 Å². The summed E-state index contributed by atoms with van der Waals surface area (Å²) < 4.78 is 1.15. The molecule has 3 aromatic rings. The Morgan fingerprint density at radius 1 is 1.21 bits per heavy atom. The average Bonchev–Trinajstić information content (AvgIpc) is 3.16. The van der Waals surface area contributed by atoms with Gasteiger partial charge in [-0.1, -0.05) is 54.1 Å². The third-order valence-corrected chi connectivity index (χ3v) is 7.01. The number of thiazole rings is 1. The molecule has 1 aliphatic rings. The molecule has 6 heteroatoms. The summed E-state index contributed by atoms with van der Waals surface area (Å²) in [6.45, 7) is 6.26. The lowest BCUT2D eigenvalue weighted by Crippen LogP contribution is -2.44. The van der Waals surface area contributed by atoms with E-state index in [0.29, 0.717) is 12.5 Å². The van der Waals surface area contributed by atoms with Gasteiger partial charge in [0.15, 0.2) is 5.13 Å². The molecule has 0 radical (unpaired) electrons. The monoisotopic (exact) mass is 427 g/mol. The van der Waals surface area contributed by atoms with Crippen molar-refractivity contribution in [3.05, 3.63) is 58.6 Å². The van der Waals surface area contributed by atoms with Gasteiger partial charge in [0.2, 0.25) is 0 Å². The number of fused-ring (bicyclic) bond motifs is 1. The van der Waals surface area contributed by atoms with Gasteiger partial charge >= 0.3 is 0 Å². The quantitative estimate of drug-likeness (QED) is 0.486. The van der Waals surface area contributed by atoms with Crippen LogP contribution < -0.4 is 4.90 Å². The third kappa shape index (κ3) is 4.80. The SMILES string of the molecule is CCN(Cc1cccc(CC=O)c1)C1CCN(c2nc3ccc(Cl)cc3s2)CC1. The number of benzene rings is 2. The molecule has 0 unspecified atom stereocenters. The van der Waals surface area contributed by atoms with Crippen molar-refractivity contribution in [2.24, 2.45) is 0 Å². The van der Waals surface area contributed by atoms with Gasteiger partial charge in [0, 0.05) is 37.1 Å². The molecule has 1 aliphatic heterocycles. The first-order valence-electron chi connectivity index (χ1n) is 10.2. The molecule has 1 aromatic heterocycles. The Morgan fingerprint density at radius 2 is 2.00 bits per heavy atom. The molecular weight excluding hydrogens is 402 g/mol. The second kappa shape index (κ2) is 9.24. The molecule has 1 fully saturated rings. The van der Waals surface area contributed by atoms with Gasteiger partial charge in [0.1, 0.15) is 6.29 Å². The fraction of sp³-hybridized carbons (Fsp3) is 0.391. The summed E-state index contributed by atoms with van der Waals surface area (Å²) in [7, 11) is 0. The first kappa shape index (κ1) is 20.3. The summed E-state index contributed by atoms with van der Waals surface area (Å²) in [5.41, 5.74) is 3.41. The van der Waals surface area contributed by atoms with Crippen LogP contribution in [0, 0.1) is 0 Å². The maximum Gasteiger partial charge on any atom is 0.186 e. The smallest absolute Gasteiger partial charge is 0.186 e. The Balaban J connectivity index is 1.39. The lowest BCUT2D eigenvalue weighted by molar-refractivity contribution is -0.107. The van der Waals surface area contributed by atoms with Gasteiger partial charge in [-0.15, -0.1) is 0 Å². The number of piperidine rings is 1. The van der Waals surface area contributed by atoms with E-state index in [1.165, 1.54) is 5.56 Å². The fourth-order valence-corrected chi connectivity index (χ4v) is 5.42. The van der Waals surface area contributed by atoms with E-state index in [1.807, 2.05) is 24.3 Å². The molecule has 0 saturated carbocycles. The number of carbonyl (C=O) groups is 1. The van der Waals surface area contributed by atoms with E-state index >= 15 is 0 Å². The number of nitrogens with zero attached hydrogens (tertiary/aromatic N) is 3. The molecule has 0 aliphatic carbocycles. The summed E-state index contributed by atoms with van der Waals surface area (Å²) in [6.07, 6.45) is 3.74. The number of anilines is 1. The van der Waals surface area contributed by atoms with E-state index in [2.05, 4.69) is 34.9 Å². The van der Waals surface area contributed by atoms with Crippen molar-refractivity contribution in [2.75, 3.05) is 24.5 Å². The normalized spacial score (nSPS) is 15.3. The van der Waals surface area contributed by atoms with Crippen LogP contribution in [0.5, 0.6) is 0 Å². The van der Waals surface area contributed by atoms with Crippen LogP contribution in [0.15, 0.2) is 42.5 Å². The molecule has 4 rings (SSSR count). The van der Waals surface area contributed by atoms with Crippen LogP contribution in [-0.4, -0.2) is 41.8 Å². The van der Waals surface area contributed by atoms with Crippen molar-refractivity contribution in [1.82, 2.24) is 9.88 Å². The van der Waals surface area contributed by atoms with Crippen LogP contribution in [0.25, 0.3) is 10.2 Å². The molecule has 0 spiro atoms. The summed E-state index contributed by atoms with van der Waals surface area (Å²) in [6, 6.07) is 14.9. The molecule has 1 saturated heterocycles. The molecule has 152 valence electrons. The molecule has 29 heavy (non-hydrogen) atoms. The Bertz CT molecular complexity index is 981. The highest BCUT2D eigenvalue weighted by Gasteiger charge is 2.25. The Kier molecular flexibility index (Phi) is 6.48. The van der Waals surface area contributed by atoms with E-state index in [-0.39, 0.29) is 0 Å². The first-order valence-corrected chi connectivity index (χ1v) is 11.4. The van der Waals surface area contributed by atoms with Crippen molar-refractivity contribution in [1.29, 1.82) is 0 Å². The first-order chi connectivity index (χ1) is 14.2. The van der Waals surface area contributed by atoms with Crippen LogP contribution in [0.4, 0.5) is 5.13 Å². The molecular formula is C23H26ClN3OS. The van der Waals surface area contributed by atoms with Crippen molar-refractivity contribution in [3.63, 3.8) is 0 Å². The summed E-state index contributed by atoms with van der Waals surface area (Å²) >= 11 is 7.85. The number of hydrogen-bond acceptors (Lipinski definition) is 5. The molecule has 4 nitrogen and oxygen atoms in total. The predicted molar refractivity (Wildman–Crippen MR) is 122 cm³/mol. The number of halogens is 1. The predicted octanol–water partition coefficient (Wildman–Crippen LogP) is 5.18. The van der Waals surface area contributed by atoms with E-state index in [0.717, 1.165) is 71.2 Å². The maximum atomic E-state index is 10.8. The highest BCUT2D eigenvalue weighted by Crippen LogP contribution is 2.32. The van der Waals surface area contributed by atoms with Gasteiger partial charge in [0.25, 0.3) is 0 Å². The fourth-order valence-electron chi connectivity index (χ4n) is 4.13. The van der Waals surface area contributed by atoms with Crippen LogP contribution in [-0.2, 0) is 17.8 Å². The highest BCUT2D eigenvalue weighted by atomic mass is 35.5. The van der Waals surface area contributed by atoms with Gasteiger partial charge in [-0.3, -0.25) is 4.90 Å². The van der Waals surface area contributed by atoms with E-state index in [1.54, 1.807) is 11.3 Å². The lowest BCUT2D eigenvalue weighted by Gasteiger charge is -2.38. The molecule has 0 N–H and O–H groups in total. The number of rotatable bonds is 7. The van der Waals surface area contributed by atoms with Gasteiger partial charge in [-0.25, -0.2) is 4.98 Å². The minimum absolute atomic E-state index is 0.492. The zero-order valence-electron chi connectivity index (χ0n) is 16.7. The second-order valence-corrected chi connectivity index (χ2v) is 9.03. The van der Waals surface area contributed by atoms with Crippen LogP contribution >= 0.6 is 22.9 Å². The third-order valence-electron chi connectivity index (χ3n) is 5.69. The van der Waals surface area contributed by atoms with Crippen LogP contribution in [0.3, 0.4) is 0 Å². The molecule has 0 amide bonds. The molecule has 2 aromatic carbocycles.